The molecule has 1 atom stereocenters. The third kappa shape index (κ3) is 3.40. The topological polar surface area (TPSA) is 49.3 Å². The number of benzene rings is 1. The summed E-state index contributed by atoms with van der Waals surface area (Å²) >= 11 is 3.65. The Labute approximate surface area is 88.6 Å². The second kappa shape index (κ2) is 5.67. The van der Waals surface area contributed by atoms with Gasteiger partial charge in [0.2, 0.25) is 0 Å². The minimum Gasteiger partial charge on any atom is -0.396 e. The molecule has 0 aliphatic heterocycles. The first-order valence-electron chi connectivity index (χ1n) is 4.39. The lowest BCUT2D eigenvalue weighted by molar-refractivity contribution is 0.246. The molecule has 0 unspecified atom stereocenters. The zero-order valence-corrected chi connectivity index (χ0v) is 8.58. The predicted molar refractivity (Wildman–Crippen MR) is 58.4 cm³/mol. The van der Waals surface area contributed by atoms with Gasteiger partial charge >= 0.3 is 0 Å². The van der Waals surface area contributed by atoms with Crippen LogP contribution in [0.3, 0.4) is 0 Å². The van der Waals surface area contributed by atoms with Crippen molar-refractivity contribution in [3.8, 4) is 0 Å². The third-order valence-electron chi connectivity index (χ3n) is 1.92. The molecular weight excluding hydrogens is 198 g/mol. The third-order valence-corrected chi connectivity index (χ3v) is 2.05. The molecule has 1 aromatic rings. The first-order valence-corrected chi connectivity index (χ1v) is 4.84. The fourth-order valence-electron chi connectivity index (χ4n) is 1.29. The van der Waals surface area contributed by atoms with E-state index in [4.69, 9.17) is 5.11 Å². The monoisotopic (exact) mass is 211 g/mol. The Morgan fingerprint density at radius 3 is 2.57 bits per heavy atom. The minimum atomic E-state index is -0.382. The summed E-state index contributed by atoms with van der Waals surface area (Å²) in [7, 11) is 0. The number of hydrogen-bond acceptors (Lipinski definition) is 2. The van der Waals surface area contributed by atoms with Gasteiger partial charge < -0.3 is 10.4 Å². The number of thiol groups is 1. The molecule has 0 bridgehead atoms. The highest BCUT2D eigenvalue weighted by Crippen LogP contribution is 2.16. The Morgan fingerprint density at radius 2 is 2.07 bits per heavy atom. The molecule has 3 nitrogen and oxygen atoms in total. The van der Waals surface area contributed by atoms with E-state index in [1.807, 2.05) is 30.3 Å². The van der Waals surface area contributed by atoms with Crippen LogP contribution < -0.4 is 5.32 Å². The smallest absolute Gasteiger partial charge is 0.276 e. The van der Waals surface area contributed by atoms with E-state index >= 15 is 0 Å². The Balaban J connectivity index is 2.72. The van der Waals surface area contributed by atoms with Crippen molar-refractivity contribution in [1.29, 1.82) is 0 Å². The Morgan fingerprint density at radius 1 is 1.43 bits per heavy atom. The molecule has 2 N–H and O–H groups in total. The van der Waals surface area contributed by atoms with Gasteiger partial charge in [-0.25, -0.2) is 0 Å². The van der Waals surface area contributed by atoms with Crippen molar-refractivity contribution in [1.82, 2.24) is 5.32 Å². The van der Waals surface area contributed by atoms with Gasteiger partial charge in [-0.3, -0.25) is 4.79 Å². The molecular formula is C10H13NO2S. The van der Waals surface area contributed by atoms with Crippen LogP contribution in [0.25, 0.3) is 0 Å². The van der Waals surface area contributed by atoms with Crippen molar-refractivity contribution in [2.75, 3.05) is 6.61 Å². The highest BCUT2D eigenvalue weighted by Gasteiger charge is 2.11. The fourth-order valence-corrected chi connectivity index (χ4v) is 1.44. The van der Waals surface area contributed by atoms with Gasteiger partial charge in [-0.15, -0.1) is 0 Å². The maximum atomic E-state index is 10.8. The van der Waals surface area contributed by atoms with Gasteiger partial charge in [0.25, 0.3) is 5.24 Å². The van der Waals surface area contributed by atoms with Gasteiger partial charge in [0.15, 0.2) is 0 Å². The maximum absolute atomic E-state index is 10.8. The summed E-state index contributed by atoms with van der Waals surface area (Å²) in [4.78, 5) is 10.8. The summed E-state index contributed by atoms with van der Waals surface area (Å²) in [6.07, 6.45) is 0.496. The summed E-state index contributed by atoms with van der Waals surface area (Å²) in [5.41, 5.74) is 0.976. The number of carbonyl (C=O) groups excluding carboxylic acids is 1. The SMILES string of the molecule is O=C(S)N[C@@H](CCO)c1ccccc1. The van der Waals surface area contributed by atoms with Crippen LogP contribution in [0.1, 0.15) is 18.0 Å². The lowest BCUT2D eigenvalue weighted by Gasteiger charge is -2.16. The van der Waals surface area contributed by atoms with Gasteiger partial charge in [0.05, 0.1) is 6.04 Å². The quantitative estimate of drug-likeness (QED) is 0.664. The molecule has 0 aromatic heterocycles. The van der Waals surface area contributed by atoms with Crippen LogP contribution >= 0.6 is 12.6 Å². The highest BCUT2D eigenvalue weighted by molar-refractivity contribution is 7.96. The Hall–Kier alpha value is -1.00. The highest BCUT2D eigenvalue weighted by atomic mass is 32.1. The van der Waals surface area contributed by atoms with E-state index in [2.05, 4.69) is 17.9 Å². The molecule has 0 saturated carbocycles. The van der Waals surface area contributed by atoms with Gasteiger partial charge in [0.1, 0.15) is 0 Å². The van der Waals surface area contributed by atoms with E-state index in [9.17, 15) is 4.79 Å². The molecule has 4 heteroatoms. The molecule has 0 aliphatic carbocycles. The van der Waals surface area contributed by atoms with E-state index in [0.717, 1.165) is 5.56 Å². The van der Waals surface area contributed by atoms with Crippen LogP contribution in [0.4, 0.5) is 4.79 Å². The molecule has 76 valence electrons. The number of aliphatic hydroxyl groups excluding tert-OH is 1. The van der Waals surface area contributed by atoms with Crippen LogP contribution in [-0.2, 0) is 0 Å². The molecule has 0 radical (unpaired) electrons. The van der Waals surface area contributed by atoms with Crippen LogP contribution in [0.15, 0.2) is 30.3 Å². The fraction of sp³-hybridized carbons (Fsp3) is 0.300. The first kappa shape index (κ1) is 11.1. The van der Waals surface area contributed by atoms with Gasteiger partial charge in [-0.05, 0) is 12.0 Å². The number of carbonyl (C=O) groups is 1. The van der Waals surface area contributed by atoms with E-state index in [1.165, 1.54) is 0 Å². The lowest BCUT2D eigenvalue weighted by atomic mass is 10.0. The summed E-state index contributed by atoms with van der Waals surface area (Å²) < 4.78 is 0. The summed E-state index contributed by atoms with van der Waals surface area (Å²) in [6, 6.07) is 9.34. The molecule has 1 rings (SSSR count). The maximum Gasteiger partial charge on any atom is 0.276 e. The van der Waals surface area contributed by atoms with E-state index in [1.54, 1.807) is 0 Å². The van der Waals surface area contributed by atoms with Gasteiger partial charge in [-0.2, -0.15) is 0 Å². The number of nitrogens with one attached hydrogen (secondary N) is 1. The molecule has 0 spiro atoms. The van der Waals surface area contributed by atoms with Crippen molar-refractivity contribution >= 4 is 17.9 Å². The van der Waals surface area contributed by atoms with Gasteiger partial charge in [-0.1, -0.05) is 43.0 Å². The number of aliphatic hydroxyl groups is 1. The van der Waals surface area contributed by atoms with Crippen molar-refractivity contribution in [2.24, 2.45) is 0 Å². The van der Waals surface area contributed by atoms with Crippen LogP contribution in [0.5, 0.6) is 0 Å². The van der Waals surface area contributed by atoms with Crippen LogP contribution in [0, 0.1) is 0 Å². The number of rotatable bonds is 4. The van der Waals surface area contributed by atoms with Crippen molar-refractivity contribution < 1.29 is 9.90 Å². The Bertz CT molecular complexity index is 289. The summed E-state index contributed by atoms with van der Waals surface area (Å²) in [5.74, 6) is 0. The average molecular weight is 211 g/mol. The molecule has 1 amide bonds. The normalized spacial score (nSPS) is 12.1. The molecule has 14 heavy (non-hydrogen) atoms. The van der Waals surface area contributed by atoms with E-state index < -0.39 is 0 Å². The molecule has 0 fully saturated rings. The Kier molecular flexibility index (Phi) is 4.49. The van der Waals surface area contributed by atoms with Crippen LogP contribution in [0.2, 0.25) is 0 Å². The summed E-state index contributed by atoms with van der Waals surface area (Å²) in [5, 5.41) is 11.1. The summed E-state index contributed by atoms with van der Waals surface area (Å²) in [6.45, 7) is 0.0353. The number of amides is 1. The zero-order valence-electron chi connectivity index (χ0n) is 7.68. The zero-order chi connectivity index (χ0) is 10.4. The lowest BCUT2D eigenvalue weighted by Crippen LogP contribution is -2.24. The van der Waals surface area contributed by atoms with Crippen molar-refractivity contribution in [3.05, 3.63) is 35.9 Å². The standard InChI is InChI=1S/C10H13NO2S/c12-7-6-9(11-10(13)14)8-4-2-1-3-5-8/h1-5,9,12H,6-7H2,(H2,11,13,14)/t9-/m0/s1. The van der Waals surface area contributed by atoms with Gasteiger partial charge in [0, 0.05) is 6.61 Å². The second-order valence-corrected chi connectivity index (χ2v) is 3.33. The van der Waals surface area contributed by atoms with E-state index in [0.29, 0.717) is 6.42 Å². The van der Waals surface area contributed by atoms with Crippen molar-refractivity contribution in [3.63, 3.8) is 0 Å². The molecule has 0 heterocycles. The van der Waals surface area contributed by atoms with Crippen molar-refractivity contribution in [2.45, 2.75) is 12.5 Å². The van der Waals surface area contributed by atoms with E-state index in [-0.39, 0.29) is 17.9 Å². The molecule has 0 aliphatic rings. The minimum absolute atomic E-state index is 0.0353. The number of hydrogen-bond donors (Lipinski definition) is 3. The average Bonchev–Trinajstić information content (AvgIpc) is 2.18. The first-order chi connectivity index (χ1) is 6.74. The molecule has 0 saturated heterocycles. The molecule has 1 aromatic carbocycles. The predicted octanol–water partition coefficient (Wildman–Crippen LogP) is 1.75. The van der Waals surface area contributed by atoms with Crippen LogP contribution in [-0.4, -0.2) is 17.0 Å². The second-order valence-electron chi connectivity index (χ2n) is 2.93. The largest absolute Gasteiger partial charge is 0.396 e.